The maximum absolute atomic E-state index is 9.12. The molecule has 0 unspecified atom stereocenters. The summed E-state index contributed by atoms with van der Waals surface area (Å²) in [6.45, 7) is -0.222. The van der Waals surface area contributed by atoms with Gasteiger partial charge in [0.1, 0.15) is 9.85 Å². The molecule has 0 amide bonds. The molecule has 2 radical (unpaired) electrons. The molecule has 8 heavy (non-hydrogen) atoms. The maximum Gasteiger partial charge on any atom is 0.583 e. The van der Waals surface area contributed by atoms with Crippen LogP contribution in [0, 0.1) is 26.9 Å². The average Bonchev–Trinajstić information content (AvgIpc) is 1.27. The fraction of sp³-hybridized carbons (Fsp3) is 0. The van der Waals surface area contributed by atoms with Gasteiger partial charge in [-0.2, -0.15) is 0 Å². The van der Waals surface area contributed by atoms with Crippen molar-refractivity contribution in [3.63, 3.8) is 0 Å². The van der Waals surface area contributed by atoms with E-state index in [1.807, 2.05) is 0 Å². The minimum atomic E-state index is -1.12. The predicted octanol–water partition coefficient (Wildman–Crippen LogP) is -0.722. The minimum Gasteiger partial charge on any atom is -0.258 e. The van der Waals surface area contributed by atoms with Crippen molar-refractivity contribution in [2.24, 2.45) is 0 Å². The number of nitrogens with zero attached hydrogens (tertiary/aromatic N) is 2. The molecule has 0 fully saturated rings. The van der Waals surface area contributed by atoms with E-state index in [-0.39, 0.29) is 58.1 Å². The Hall–Kier alpha value is 0.436. The molecule has 0 aromatic carbocycles. The summed E-state index contributed by atoms with van der Waals surface area (Å²) in [4.78, 5) is 16.0. The molecular formula is CHKN2O4. The molecule has 7 heteroatoms. The summed E-state index contributed by atoms with van der Waals surface area (Å²) in [5.74, 6) is 0. The summed E-state index contributed by atoms with van der Waals surface area (Å²) in [6, 6.07) is 0. The first kappa shape index (κ1) is 11.3. The Morgan fingerprint density at radius 3 is 1.38 bits per heavy atom. The summed E-state index contributed by atoms with van der Waals surface area (Å²) >= 11 is 0. The zero-order valence-corrected chi connectivity index (χ0v) is 7.23. The zero-order valence-electron chi connectivity index (χ0n) is 4.10. The minimum absolute atomic E-state index is 0. The molecule has 0 aromatic rings. The van der Waals surface area contributed by atoms with E-state index in [1.54, 1.807) is 0 Å². The summed E-state index contributed by atoms with van der Waals surface area (Å²) in [7, 11) is 0. The summed E-state index contributed by atoms with van der Waals surface area (Å²) in [5, 5.41) is 18.2. The molecule has 0 N–H and O–H groups in total. The van der Waals surface area contributed by atoms with Gasteiger partial charge in [-0.05, 0) is 0 Å². The van der Waals surface area contributed by atoms with E-state index >= 15 is 0 Å². The topological polar surface area (TPSA) is 86.3 Å². The van der Waals surface area contributed by atoms with Crippen LogP contribution in [0.15, 0.2) is 0 Å². The summed E-state index contributed by atoms with van der Waals surface area (Å²) < 4.78 is 0. The van der Waals surface area contributed by atoms with Crippen LogP contribution in [-0.2, 0) is 0 Å². The zero-order chi connectivity index (χ0) is 5.86. The van der Waals surface area contributed by atoms with Gasteiger partial charge in [-0.15, -0.1) is 0 Å². The molecule has 0 rings (SSSR count). The molecule has 0 saturated heterocycles. The number of rotatable bonds is 2. The number of hydrogen-bond donors (Lipinski definition) is 0. The molecule has 0 aliphatic carbocycles. The van der Waals surface area contributed by atoms with Gasteiger partial charge in [-0.3, -0.25) is 20.2 Å². The Morgan fingerprint density at radius 1 is 1.12 bits per heavy atom. The van der Waals surface area contributed by atoms with Crippen molar-refractivity contribution in [3.8, 4) is 0 Å². The predicted molar refractivity (Wildman–Crippen MR) is 24.0 cm³/mol. The van der Waals surface area contributed by atoms with Gasteiger partial charge in [0.2, 0.25) is 0 Å². The molecule has 0 bridgehead atoms. The molecule has 0 aromatic heterocycles. The second kappa shape index (κ2) is 5.57. The van der Waals surface area contributed by atoms with Crippen molar-refractivity contribution in [2.75, 3.05) is 0 Å². The van der Waals surface area contributed by atoms with Crippen molar-refractivity contribution >= 4 is 51.4 Å². The van der Waals surface area contributed by atoms with Crippen LogP contribution in [0.2, 0.25) is 0 Å². The SMILES string of the molecule is O=[N+]([O-])[CH][N+](=O)[O-].[K]. The van der Waals surface area contributed by atoms with Crippen LogP contribution in [-0.4, -0.2) is 61.2 Å². The van der Waals surface area contributed by atoms with Crippen LogP contribution in [0.25, 0.3) is 0 Å². The van der Waals surface area contributed by atoms with E-state index in [0.717, 1.165) is 0 Å². The Morgan fingerprint density at radius 2 is 1.38 bits per heavy atom. The third kappa shape index (κ3) is 9.67. The van der Waals surface area contributed by atoms with Crippen LogP contribution in [0.3, 0.4) is 0 Å². The fourth-order valence-corrected chi connectivity index (χ4v) is 0.0770. The molecule has 0 aliphatic heterocycles. The standard InChI is InChI=1S/CHN2O4.K/c4-2(5)1-3(6)7;/h1H;. The molecule has 40 valence electrons. The van der Waals surface area contributed by atoms with Crippen molar-refractivity contribution < 1.29 is 9.85 Å². The van der Waals surface area contributed by atoms with Gasteiger partial charge in [0.25, 0.3) is 0 Å². The molecule has 0 saturated carbocycles. The van der Waals surface area contributed by atoms with Crippen LogP contribution >= 0.6 is 0 Å². The van der Waals surface area contributed by atoms with Crippen molar-refractivity contribution in [1.29, 1.82) is 0 Å². The van der Waals surface area contributed by atoms with Gasteiger partial charge < -0.3 is 0 Å². The molecular weight excluding hydrogens is 143 g/mol. The Bertz CT molecular complexity index is 90.2. The maximum atomic E-state index is 9.12. The van der Waals surface area contributed by atoms with E-state index in [9.17, 15) is 0 Å². The Labute approximate surface area is 87.0 Å². The van der Waals surface area contributed by atoms with Crippen molar-refractivity contribution in [2.45, 2.75) is 0 Å². The van der Waals surface area contributed by atoms with Crippen LogP contribution < -0.4 is 0 Å². The Balaban J connectivity index is 0. The first-order valence-electron chi connectivity index (χ1n) is 1.25. The normalized spacial score (nSPS) is 7.00. The second-order valence-corrected chi connectivity index (χ2v) is 0.686. The smallest absolute Gasteiger partial charge is 0.258 e. The number of nitro groups is 2. The van der Waals surface area contributed by atoms with Gasteiger partial charge >= 0.3 is 6.67 Å². The van der Waals surface area contributed by atoms with Crippen LogP contribution in [0.4, 0.5) is 0 Å². The van der Waals surface area contributed by atoms with E-state index in [2.05, 4.69) is 0 Å². The Kier molecular flexibility index (Phi) is 7.84. The monoisotopic (exact) mass is 144 g/mol. The first-order valence-corrected chi connectivity index (χ1v) is 1.25. The molecule has 0 aliphatic rings. The molecule has 6 nitrogen and oxygen atoms in total. The van der Waals surface area contributed by atoms with Gasteiger partial charge in [0.05, 0.1) is 0 Å². The van der Waals surface area contributed by atoms with Crippen molar-refractivity contribution in [1.82, 2.24) is 0 Å². The first-order chi connectivity index (χ1) is 3.13. The van der Waals surface area contributed by atoms with Crippen molar-refractivity contribution in [3.05, 3.63) is 26.9 Å². The van der Waals surface area contributed by atoms with Gasteiger partial charge in [0.15, 0.2) is 0 Å². The molecule has 0 spiro atoms. The van der Waals surface area contributed by atoms with Gasteiger partial charge in [-0.1, -0.05) is 0 Å². The average molecular weight is 144 g/mol. The molecule has 0 heterocycles. The fourth-order valence-electron chi connectivity index (χ4n) is 0.0770. The summed E-state index contributed by atoms with van der Waals surface area (Å²) in [6.07, 6.45) is 0. The third-order valence-corrected chi connectivity index (χ3v) is 0.189. The third-order valence-electron chi connectivity index (χ3n) is 0.189. The van der Waals surface area contributed by atoms with E-state index < -0.39 is 9.85 Å². The quantitative estimate of drug-likeness (QED) is 0.290. The summed E-state index contributed by atoms with van der Waals surface area (Å²) in [5.41, 5.74) is 0. The van der Waals surface area contributed by atoms with Crippen LogP contribution in [0.1, 0.15) is 0 Å². The van der Waals surface area contributed by atoms with Gasteiger partial charge in [-0.25, -0.2) is 0 Å². The van der Waals surface area contributed by atoms with E-state index in [1.165, 1.54) is 0 Å². The largest absolute Gasteiger partial charge is 0.583 e. The van der Waals surface area contributed by atoms with E-state index in [0.29, 0.717) is 0 Å². The number of hydrogen-bond acceptors (Lipinski definition) is 4. The van der Waals surface area contributed by atoms with E-state index in [4.69, 9.17) is 20.2 Å². The second-order valence-electron chi connectivity index (χ2n) is 0.686. The van der Waals surface area contributed by atoms with Crippen LogP contribution in [0.5, 0.6) is 0 Å². The van der Waals surface area contributed by atoms with Gasteiger partial charge in [0, 0.05) is 51.4 Å². The molecule has 0 atom stereocenters.